The van der Waals surface area contributed by atoms with Crippen molar-refractivity contribution in [2.24, 2.45) is 0 Å². The van der Waals surface area contributed by atoms with Gasteiger partial charge in [0.05, 0.1) is 11.6 Å². The molecule has 0 saturated carbocycles. The molecule has 0 aromatic carbocycles. The summed E-state index contributed by atoms with van der Waals surface area (Å²) in [6.07, 6.45) is 7.28. The summed E-state index contributed by atoms with van der Waals surface area (Å²) in [5, 5.41) is 6.54. The molecule has 0 aromatic heterocycles. The molecule has 2 heterocycles. The van der Waals surface area contributed by atoms with E-state index in [1.807, 2.05) is 0 Å². The number of carbonyl (C=O) groups excluding carboxylic acids is 1. The van der Waals surface area contributed by atoms with Crippen LogP contribution in [-0.4, -0.2) is 36.7 Å². The summed E-state index contributed by atoms with van der Waals surface area (Å²) in [5.41, 5.74) is -0.0177. The van der Waals surface area contributed by atoms with E-state index in [1.54, 1.807) is 0 Å². The maximum atomic E-state index is 12.2. The third-order valence-corrected chi connectivity index (χ3v) is 4.75. The molecule has 4 nitrogen and oxygen atoms in total. The number of carbonyl (C=O) groups is 1. The second kappa shape index (κ2) is 6.71. The van der Waals surface area contributed by atoms with E-state index in [4.69, 9.17) is 4.74 Å². The maximum absolute atomic E-state index is 12.2. The van der Waals surface area contributed by atoms with Crippen LogP contribution in [0.2, 0.25) is 0 Å². The van der Waals surface area contributed by atoms with Crippen molar-refractivity contribution in [3.63, 3.8) is 0 Å². The number of piperidine rings is 1. The molecule has 0 radical (unpaired) electrons. The molecule has 0 aromatic rings. The largest absolute Gasteiger partial charge is 0.375 e. The number of nitrogens with one attached hydrogen (secondary N) is 2. The number of ether oxygens (including phenoxy) is 1. The summed E-state index contributed by atoms with van der Waals surface area (Å²) in [4.78, 5) is 12.2. The lowest BCUT2D eigenvalue weighted by Gasteiger charge is -2.40. The number of hydrogen-bond acceptors (Lipinski definition) is 3. The molecule has 0 aliphatic carbocycles. The van der Waals surface area contributed by atoms with Gasteiger partial charge >= 0.3 is 0 Å². The van der Waals surface area contributed by atoms with Crippen molar-refractivity contribution in [1.29, 1.82) is 0 Å². The molecule has 2 saturated heterocycles. The van der Waals surface area contributed by atoms with Gasteiger partial charge in [-0.1, -0.05) is 20.3 Å². The molecule has 2 N–H and O–H groups in total. The quantitative estimate of drug-likeness (QED) is 0.820. The third-order valence-electron chi connectivity index (χ3n) is 4.75. The number of rotatable bonds is 4. The predicted molar refractivity (Wildman–Crippen MR) is 76.1 cm³/mol. The minimum Gasteiger partial charge on any atom is -0.375 e. The zero-order chi connectivity index (χ0) is 13.7. The maximum Gasteiger partial charge on any atom is 0.237 e. The van der Waals surface area contributed by atoms with Crippen molar-refractivity contribution in [3.05, 3.63) is 0 Å². The van der Waals surface area contributed by atoms with Crippen LogP contribution in [0.15, 0.2) is 0 Å². The first-order chi connectivity index (χ1) is 9.19. The summed E-state index contributed by atoms with van der Waals surface area (Å²) < 4.78 is 5.95. The van der Waals surface area contributed by atoms with Crippen LogP contribution in [0, 0.1) is 0 Å². The average molecular weight is 268 g/mol. The standard InChI is InChI=1S/C15H28N2O2/c1-3-15(4-2)11-12(8-10-19-15)17-14(18)13-7-5-6-9-16-13/h12-13,16H,3-11H2,1-2H3,(H,17,18). The lowest BCUT2D eigenvalue weighted by Crippen LogP contribution is -2.53. The Balaban J connectivity index is 1.86. The van der Waals surface area contributed by atoms with E-state index in [0.717, 1.165) is 51.7 Å². The van der Waals surface area contributed by atoms with Crippen molar-refractivity contribution < 1.29 is 9.53 Å². The van der Waals surface area contributed by atoms with E-state index in [-0.39, 0.29) is 23.6 Å². The smallest absolute Gasteiger partial charge is 0.237 e. The summed E-state index contributed by atoms with van der Waals surface area (Å²) in [6, 6.07) is 0.305. The fourth-order valence-electron chi connectivity index (χ4n) is 3.27. The molecule has 2 atom stereocenters. The fourth-order valence-corrected chi connectivity index (χ4v) is 3.27. The highest BCUT2D eigenvalue weighted by molar-refractivity contribution is 5.82. The van der Waals surface area contributed by atoms with E-state index < -0.39 is 0 Å². The molecule has 0 bridgehead atoms. The normalized spacial score (nSPS) is 30.8. The zero-order valence-corrected chi connectivity index (χ0v) is 12.3. The van der Waals surface area contributed by atoms with E-state index in [1.165, 1.54) is 6.42 Å². The first-order valence-corrected chi connectivity index (χ1v) is 7.87. The molecule has 0 spiro atoms. The van der Waals surface area contributed by atoms with Gasteiger partial charge in [0.2, 0.25) is 5.91 Å². The van der Waals surface area contributed by atoms with Gasteiger partial charge in [-0.2, -0.15) is 0 Å². The highest BCUT2D eigenvalue weighted by Crippen LogP contribution is 2.31. The molecule has 2 aliphatic heterocycles. The lowest BCUT2D eigenvalue weighted by molar-refractivity contribution is -0.128. The van der Waals surface area contributed by atoms with Gasteiger partial charge in [-0.3, -0.25) is 4.79 Å². The number of hydrogen-bond donors (Lipinski definition) is 2. The van der Waals surface area contributed by atoms with Gasteiger partial charge < -0.3 is 15.4 Å². The molecular formula is C15H28N2O2. The Morgan fingerprint density at radius 1 is 1.32 bits per heavy atom. The highest BCUT2D eigenvalue weighted by Gasteiger charge is 2.35. The van der Waals surface area contributed by atoms with E-state index in [2.05, 4.69) is 24.5 Å². The van der Waals surface area contributed by atoms with E-state index in [9.17, 15) is 4.79 Å². The SMILES string of the molecule is CCC1(CC)CC(NC(=O)C2CCCCN2)CCO1. The molecule has 4 heteroatoms. The van der Waals surface area contributed by atoms with Crippen molar-refractivity contribution in [2.45, 2.75) is 76.5 Å². The van der Waals surface area contributed by atoms with E-state index >= 15 is 0 Å². The van der Waals surface area contributed by atoms with Crippen LogP contribution < -0.4 is 10.6 Å². The van der Waals surface area contributed by atoms with Crippen molar-refractivity contribution in [1.82, 2.24) is 10.6 Å². The Morgan fingerprint density at radius 3 is 2.74 bits per heavy atom. The summed E-state index contributed by atoms with van der Waals surface area (Å²) in [7, 11) is 0. The highest BCUT2D eigenvalue weighted by atomic mass is 16.5. The average Bonchev–Trinajstić information content (AvgIpc) is 2.48. The third kappa shape index (κ3) is 3.69. The van der Waals surface area contributed by atoms with Crippen LogP contribution in [0.3, 0.4) is 0 Å². The molecule has 2 unspecified atom stereocenters. The monoisotopic (exact) mass is 268 g/mol. The minimum atomic E-state index is -0.0177. The lowest BCUT2D eigenvalue weighted by atomic mass is 9.85. The van der Waals surface area contributed by atoms with Gasteiger partial charge in [-0.25, -0.2) is 0 Å². The van der Waals surface area contributed by atoms with Crippen LogP contribution in [0.1, 0.15) is 58.8 Å². The Hall–Kier alpha value is -0.610. The Morgan fingerprint density at radius 2 is 2.11 bits per heavy atom. The van der Waals surface area contributed by atoms with Gasteiger partial charge in [0.1, 0.15) is 0 Å². The summed E-state index contributed by atoms with van der Waals surface area (Å²) >= 11 is 0. The minimum absolute atomic E-state index is 0.0177. The topological polar surface area (TPSA) is 50.4 Å². The van der Waals surface area contributed by atoms with Gasteiger partial charge in [-0.05, 0) is 45.1 Å². The van der Waals surface area contributed by atoms with Crippen molar-refractivity contribution in [3.8, 4) is 0 Å². The summed E-state index contributed by atoms with van der Waals surface area (Å²) in [5.74, 6) is 0.188. The molecule has 19 heavy (non-hydrogen) atoms. The second-order valence-corrected chi connectivity index (χ2v) is 5.94. The van der Waals surface area contributed by atoms with Crippen LogP contribution >= 0.6 is 0 Å². The Kier molecular flexibility index (Phi) is 5.22. The molecule has 2 aliphatic rings. The predicted octanol–water partition coefficient (Wildman–Crippen LogP) is 1.98. The fraction of sp³-hybridized carbons (Fsp3) is 0.933. The first kappa shape index (κ1) is 14.8. The summed E-state index contributed by atoms with van der Waals surface area (Å²) in [6.45, 7) is 6.09. The first-order valence-electron chi connectivity index (χ1n) is 7.87. The van der Waals surface area contributed by atoms with Crippen molar-refractivity contribution >= 4 is 5.91 Å². The Labute approximate surface area is 116 Å². The van der Waals surface area contributed by atoms with Crippen LogP contribution in [0.4, 0.5) is 0 Å². The van der Waals surface area contributed by atoms with Gasteiger partial charge in [0.25, 0.3) is 0 Å². The van der Waals surface area contributed by atoms with Gasteiger partial charge in [-0.15, -0.1) is 0 Å². The van der Waals surface area contributed by atoms with Crippen LogP contribution in [0.25, 0.3) is 0 Å². The van der Waals surface area contributed by atoms with Gasteiger partial charge in [0.15, 0.2) is 0 Å². The second-order valence-electron chi connectivity index (χ2n) is 5.94. The Bertz CT molecular complexity index is 297. The van der Waals surface area contributed by atoms with E-state index in [0.29, 0.717) is 0 Å². The molecule has 1 amide bonds. The van der Waals surface area contributed by atoms with Gasteiger partial charge in [0, 0.05) is 12.6 Å². The molecule has 2 rings (SSSR count). The van der Waals surface area contributed by atoms with Crippen molar-refractivity contribution in [2.75, 3.05) is 13.2 Å². The number of amides is 1. The molecule has 2 fully saturated rings. The molecular weight excluding hydrogens is 240 g/mol. The zero-order valence-electron chi connectivity index (χ0n) is 12.3. The van der Waals surface area contributed by atoms with Crippen LogP contribution in [0.5, 0.6) is 0 Å². The molecule has 110 valence electrons. The van der Waals surface area contributed by atoms with Crippen LogP contribution in [-0.2, 0) is 9.53 Å².